The first-order valence-corrected chi connectivity index (χ1v) is 8.87. The van der Waals surface area contributed by atoms with Gasteiger partial charge >= 0.3 is 0 Å². The predicted octanol–water partition coefficient (Wildman–Crippen LogP) is 4.82. The zero-order valence-corrected chi connectivity index (χ0v) is 13.9. The van der Waals surface area contributed by atoms with Crippen molar-refractivity contribution < 1.29 is 9.79 Å². The number of hydrogen-bond donors (Lipinski definition) is 3. The third-order valence-electron chi connectivity index (χ3n) is 3.87. The van der Waals surface area contributed by atoms with Crippen LogP contribution in [0.25, 0.3) is 32.7 Å². The monoisotopic (exact) mass is 335 g/mol. The molecule has 0 aliphatic carbocycles. The van der Waals surface area contributed by atoms with Crippen LogP contribution < -0.4 is 5.50 Å². The molecule has 0 saturated heterocycles. The van der Waals surface area contributed by atoms with E-state index in [1.54, 1.807) is 0 Å². The molecular formula is C20H18NO2P. The summed E-state index contributed by atoms with van der Waals surface area (Å²) in [6.07, 6.45) is 0. The molecule has 0 spiro atoms. The molecule has 4 aromatic rings. The fourth-order valence-corrected chi connectivity index (χ4v) is 2.92. The molecule has 120 valence electrons. The topological polar surface area (TPSA) is 66.5 Å². The quantitative estimate of drug-likeness (QED) is 0.437. The van der Waals surface area contributed by atoms with Gasteiger partial charge in [-0.3, -0.25) is 5.50 Å². The smallest absolute Gasteiger partial charge is 0.247 e. The van der Waals surface area contributed by atoms with Crippen LogP contribution in [0.15, 0.2) is 84.9 Å². The highest BCUT2D eigenvalue weighted by molar-refractivity contribution is 7.42. The number of nitrogens with two attached hydrogens (primary N) is 1. The maximum atomic E-state index is 7.45. The lowest BCUT2D eigenvalue weighted by atomic mass is 9.94. The van der Waals surface area contributed by atoms with E-state index < -0.39 is 8.53 Å². The van der Waals surface area contributed by atoms with Gasteiger partial charge in [-0.1, -0.05) is 84.9 Å². The van der Waals surface area contributed by atoms with Crippen LogP contribution in [0.3, 0.4) is 0 Å². The normalized spacial score (nSPS) is 10.7. The van der Waals surface area contributed by atoms with Crippen molar-refractivity contribution in [1.29, 1.82) is 0 Å². The van der Waals surface area contributed by atoms with Crippen LogP contribution in [-0.2, 0) is 0 Å². The third kappa shape index (κ3) is 3.61. The number of rotatable bonds is 1. The summed E-state index contributed by atoms with van der Waals surface area (Å²) in [5.41, 5.74) is 6.90. The largest absolute Gasteiger partial charge is 0.338 e. The van der Waals surface area contributed by atoms with Crippen molar-refractivity contribution in [2.75, 3.05) is 0 Å². The van der Waals surface area contributed by atoms with E-state index in [2.05, 4.69) is 90.4 Å². The minimum absolute atomic E-state index is 1.29. The Kier molecular flexibility index (Phi) is 5.19. The van der Waals surface area contributed by atoms with Crippen LogP contribution >= 0.6 is 8.53 Å². The standard InChI is InChI=1S/C20H14.H4NO2P/c1-3-11-17-15(7-1)9-5-13-19(17)20-14-6-10-16-8-2-4-12-18(16)20;1-4(2)3/h1-14H;2-3H,1H2. The van der Waals surface area contributed by atoms with Crippen molar-refractivity contribution >= 4 is 30.1 Å². The Hall–Kier alpha value is -2.29. The van der Waals surface area contributed by atoms with Crippen LogP contribution in [0.2, 0.25) is 0 Å². The van der Waals surface area contributed by atoms with Crippen LogP contribution in [-0.4, -0.2) is 9.79 Å². The number of benzene rings is 4. The average Bonchev–Trinajstić information content (AvgIpc) is 2.60. The lowest BCUT2D eigenvalue weighted by Gasteiger charge is -2.10. The first kappa shape index (κ1) is 16.6. The molecule has 3 nitrogen and oxygen atoms in total. The second kappa shape index (κ2) is 7.52. The van der Waals surface area contributed by atoms with Crippen LogP contribution in [0, 0.1) is 0 Å². The van der Waals surface area contributed by atoms with Gasteiger partial charge in [0, 0.05) is 0 Å². The number of hydrogen-bond acceptors (Lipinski definition) is 3. The van der Waals surface area contributed by atoms with Crippen molar-refractivity contribution in [2.24, 2.45) is 5.50 Å². The second-order valence-electron chi connectivity index (χ2n) is 5.37. The first-order valence-electron chi connectivity index (χ1n) is 7.55. The summed E-state index contributed by atoms with van der Waals surface area (Å²) in [7, 11) is -2.12. The molecular weight excluding hydrogens is 317 g/mol. The molecule has 0 radical (unpaired) electrons. The Labute approximate surface area is 142 Å². The highest BCUT2D eigenvalue weighted by Gasteiger charge is 2.06. The summed E-state index contributed by atoms with van der Waals surface area (Å²) >= 11 is 0. The first-order chi connectivity index (χ1) is 11.7. The Balaban J connectivity index is 0.000000383. The Morgan fingerprint density at radius 3 is 1.29 bits per heavy atom. The zero-order valence-electron chi connectivity index (χ0n) is 13.0. The van der Waals surface area contributed by atoms with E-state index in [4.69, 9.17) is 9.79 Å². The van der Waals surface area contributed by atoms with Crippen LogP contribution in [0.5, 0.6) is 0 Å². The SMILES string of the molecule is NP(O)O.c1ccc2c(-c3cccc4ccccc34)cccc2c1. The maximum absolute atomic E-state index is 7.45. The van der Waals surface area contributed by atoms with Gasteiger partial charge in [-0.05, 0) is 32.7 Å². The molecule has 4 heteroatoms. The molecule has 0 fully saturated rings. The highest BCUT2D eigenvalue weighted by atomic mass is 31.2. The summed E-state index contributed by atoms with van der Waals surface area (Å²) in [4.78, 5) is 14.9. The van der Waals surface area contributed by atoms with Crippen molar-refractivity contribution in [3.05, 3.63) is 84.9 Å². The minimum Gasteiger partial charge on any atom is -0.338 e. The summed E-state index contributed by atoms with van der Waals surface area (Å²) < 4.78 is 0. The van der Waals surface area contributed by atoms with E-state index in [1.807, 2.05) is 0 Å². The predicted molar refractivity (Wildman–Crippen MR) is 102 cm³/mol. The van der Waals surface area contributed by atoms with Gasteiger partial charge in [-0.15, -0.1) is 0 Å². The lowest BCUT2D eigenvalue weighted by molar-refractivity contribution is 0.485. The Bertz CT molecular complexity index is 879. The average molecular weight is 335 g/mol. The molecule has 4 N–H and O–H groups in total. The molecule has 0 aliphatic rings. The molecule has 0 aromatic heterocycles. The maximum Gasteiger partial charge on any atom is 0.247 e. The van der Waals surface area contributed by atoms with Gasteiger partial charge in [0.15, 0.2) is 0 Å². The molecule has 4 rings (SSSR count). The fourth-order valence-electron chi connectivity index (χ4n) is 2.92. The van der Waals surface area contributed by atoms with Crippen molar-refractivity contribution in [2.45, 2.75) is 0 Å². The third-order valence-corrected chi connectivity index (χ3v) is 3.87. The second-order valence-corrected chi connectivity index (χ2v) is 6.01. The molecule has 0 unspecified atom stereocenters. The van der Waals surface area contributed by atoms with Gasteiger partial charge in [-0.2, -0.15) is 0 Å². The Morgan fingerprint density at radius 2 is 0.875 bits per heavy atom. The van der Waals surface area contributed by atoms with E-state index >= 15 is 0 Å². The van der Waals surface area contributed by atoms with Crippen molar-refractivity contribution in [1.82, 2.24) is 0 Å². The van der Waals surface area contributed by atoms with Gasteiger partial charge in [0.1, 0.15) is 0 Å². The fraction of sp³-hybridized carbons (Fsp3) is 0. The lowest BCUT2D eigenvalue weighted by Crippen LogP contribution is -1.83. The van der Waals surface area contributed by atoms with Gasteiger partial charge in [0.2, 0.25) is 8.53 Å². The molecule has 24 heavy (non-hydrogen) atoms. The van der Waals surface area contributed by atoms with Gasteiger partial charge in [-0.25, -0.2) is 0 Å². The van der Waals surface area contributed by atoms with Crippen LogP contribution in [0.4, 0.5) is 0 Å². The summed E-state index contributed by atoms with van der Waals surface area (Å²) in [6.45, 7) is 0. The van der Waals surface area contributed by atoms with E-state index in [0.717, 1.165) is 0 Å². The van der Waals surface area contributed by atoms with Crippen molar-refractivity contribution in [3.63, 3.8) is 0 Å². The molecule has 0 saturated carbocycles. The molecule has 0 bridgehead atoms. The molecule has 4 aromatic carbocycles. The van der Waals surface area contributed by atoms with E-state index in [1.165, 1.54) is 32.7 Å². The summed E-state index contributed by atoms with van der Waals surface area (Å²) in [5.74, 6) is 0. The van der Waals surface area contributed by atoms with E-state index in [0.29, 0.717) is 0 Å². The van der Waals surface area contributed by atoms with E-state index in [9.17, 15) is 0 Å². The molecule has 0 amide bonds. The van der Waals surface area contributed by atoms with Crippen molar-refractivity contribution in [3.8, 4) is 11.1 Å². The molecule has 0 atom stereocenters. The summed E-state index contributed by atoms with van der Waals surface area (Å²) in [6, 6.07) is 30.2. The van der Waals surface area contributed by atoms with Crippen LogP contribution in [0.1, 0.15) is 0 Å². The highest BCUT2D eigenvalue weighted by Crippen LogP contribution is 2.33. The minimum atomic E-state index is -2.12. The van der Waals surface area contributed by atoms with E-state index in [-0.39, 0.29) is 0 Å². The van der Waals surface area contributed by atoms with Gasteiger partial charge < -0.3 is 9.79 Å². The number of fused-ring (bicyclic) bond motifs is 2. The molecule has 0 heterocycles. The Morgan fingerprint density at radius 1 is 0.542 bits per heavy atom. The zero-order chi connectivity index (χ0) is 16.9. The van der Waals surface area contributed by atoms with Gasteiger partial charge in [0.05, 0.1) is 0 Å². The van der Waals surface area contributed by atoms with Gasteiger partial charge in [0.25, 0.3) is 0 Å². The summed E-state index contributed by atoms with van der Waals surface area (Å²) in [5, 5.41) is 5.20. The molecule has 0 aliphatic heterocycles.